The van der Waals surface area contributed by atoms with E-state index in [2.05, 4.69) is 4.98 Å². The minimum Gasteiger partial charge on any atom is -0.485 e. The minimum absolute atomic E-state index is 0.0664. The fraction of sp³-hybridized carbons (Fsp3) is 0.167. The molecule has 0 saturated heterocycles. The molecule has 0 atom stereocenters. The second-order valence-corrected chi connectivity index (χ2v) is 4.58. The average molecular weight is 287 g/mol. The van der Waals surface area contributed by atoms with E-state index in [-0.39, 0.29) is 11.5 Å². The molecule has 0 fully saturated rings. The Morgan fingerprint density at radius 1 is 1.26 bits per heavy atom. The number of ether oxygens (including phenoxy) is 1. The molecule has 0 aliphatic rings. The zero-order valence-electron chi connectivity index (χ0n) is 9.48. The Morgan fingerprint density at radius 2 is 1.95 bits per heavy atom. The Balaban J connectivity index is 1.99. The smallest absolute Gasteiger partial charge is 0.443 e. The standard InChI is InChI=1S/C12H8F3NO2S/c13-12(14,15)11-16-6-10(19-11)9(17)7-18-8-4-2-1-3-5-8/h1-6H,7H2. The van der Waals surface area contributed by atoms with Crippen molar-refractivity contribution in [3.05, 3.63) is 46.4 Å². The number of ketones is 1. The highest BCUT2D eigenvalue weighted by Gasteiger charge is 2.35. The van der Waals surface area contributed by atoms with Gasteiger partial charge in [-0.25, -0.2) is 4.98 Å². The van der Waals surface area contributed by atoms with Crippen LogP contribution in [0.2, 0.25) is 0 Å². The van der Waals surface area contributed by atoms with Gasteiger partial charge in [0.05, 0.1) is 4.88 Å². The van der Waals surface area contributed by atoms with Gasteiger partial charge in [-0.15, -0.1) is 11.3 Å². The SMILES string of the molecule is O=C(COc1ccccc1)c1cnc(C(F)(F)F)s1. The molecule has 3 nitrogen and oxygen atoms in total. The second-order valence-electron chi connectivity index (χ2n) is 3.55. The molecule has 0 spiro atoms. The lowest BCUT2D eigenvalue weighted by molar-refractivity contribution is -0.137. The zero-order chi connectivity index (χ0) is 13.9. The van der Waals surface area contributed by atoms with E-state index in [0.717, 1.165) is 6.20 Å². The van der Waals surface area contributed by atoms with Crippen molar-refractivity contribution < 1.29 is 22.7 Å². The van der Waals surface area contributed by atoms with Crippen LogP contribution in [0.5, 0.6) is 5.75 Å². The Labute approximate surface area is 110 Å². The van der Waals surface area contributed by atoms with Crippen LogP contribution in [0.4, 0.5) is 13.2 Å². The number of nitrogens with zero attached hydrogens (tertiary/aromatic N) is 1. The molecule has 2 rings (SSSR count). The molecule has 0 aliphatic carbocycles. The van der Waals surface area contributed by atoms with Gasteiger partial charge in [0, 0.05) is 6.20 Å². The van der Waals surface area contributed by atoms with Crippen LogP contribution >= 0.6 is 11.3 Å². The summed E-state index contributed by atoms with van der Waals surface area (Å²) in [6.07, 6.45) is -3.60. The highest BCUT2D eigenvalue weighted by molar-refractivity contribution is 7.13. The van der Waals surface area contributed by atoms with Crippen LogP contribution in [0.1, 0.15) is 14.7 Å². The zero-order valence-corrected chi connectivity index (χ0v) is 10.3. The number of aromatic nitrogens is 1. The number of hydrogen-bond acceptors (Lipinski definition) is 4. The first-order valence-corrected chi connectivity index (χ1v) is 6.02. The van der Waals surface area contributed by atoms with Crippen molar-refractivity contribution in [2.45, 2.75) is 6.18 Å². The normalized spacial score (nSPS) is 11.3. The van der Waals surface area contributed by atoms with Gasteiger partial charge >= 0.3 is 6.18 Å². The maximum absolute atomic E-state index is 12.3. The maximum Gasteiger partial charge on any atom is 0.443 e. The van der Waals surface area contributed by atoms with Crippen LogP contribution in [-0.2, 0) is 6.18 Å². The summed E-state index contributed by atoms with van der Waals surface area (Å²) in [6.45, 7) is -0.316. The van der Waals surface area contributed by atoms with Gasteiger partial charge in [-0.1, -0.05) is 18.2 Å². The monoisotopic (exact) mass is 287 g/mol. The summed E-state index contributed by atoms with van der Waals surface area (Å²) in [5.74, 6) is -0.0479. The van der Waals surface area contributed by atoms with E-state index in [1.807, 2.05) is 0 Å². The second kappa shape index (κ2) is 5.40. The number of thiazole rings is 1. The Bertz CT molecular complexity index is 566. The summed E-state index contributed by atoms with van der Waals surface area (Å²) < 4.78 is 42.1. The molecule has 1 aromatic carbocycles. The van der Waals surface area contributed by atoms with Crippen molar-refractivity contribution in [3.63, 3.8) is 0 Å². The van der Waals surface area contributed by atoms with Crippen LogP contribution in [-0.4, -0.2) is 17.4 Å². The van der Waals surface area contributed by atoms with E-state index in [1.165, 1.54) is 0 Å². The molecule has 1 heterocycles. The first-order valence-electron chi connectivity index (χ1n) is 5.21. The summed E-state index contributed by atoms with van der Waals surface area (Å²) in [7, 11) is 0. The lowest BCUT2D eigenvalue weighted by Gasteiger charge is -2.03. The lowest BCUT2D eigenvalue weighted by atomic mass is 10.3. The van der Waals surface area contributed by atoms with Gasteiger partial charge < -0.3 is 4.74 Å². The molecule has 0 bridgehead atoms. The highest BCUT2D eigenvalue weighted by atomic mass is 32.1. The predicted octanol–water partition coefficient (Wildman–Crippen LogP) is 3.42. The highest BCUT2D eigenvalue weighted by Crippen LogP contribution is 2.32. The van der Waals surface area contributed by atoms with Gasteiger partial charge in [0.25, 0.3) is 0 Å². The first kappa shape index (κ1) is 13.5. The number of carbonyl (C=O) groups excluding carboxylic acids is 1. The van der Waals surface area contributed by atoms with Gasteiger partial charge in [-0.05, 0) is 12.1 Å². The van der Waals surface area contributed by atoms with E-state index in [0.29, 0.717) is 17.1 Å². The van der Waals surface area contributed by atoms with Crippen LogP contribution in [0.25, 0.3) is 0 Å². The summed E-state index contributed by atoms with van der Waals surface area (Å²) in [4.78, 5) is 14.8. The fourth-order valence-electron chi connectivity index (χ4n) is 1.27. The third kappa shape index (κ3) is 3.54. The number of rotatable bonds is 4. The van der Waals surface area contributed by atoms with Crippen molar-refractivity contribution >= 4 is 17.1 Å². The third-order valence-corrected chi connectivity index (χ3v) is 3.22. The number of alkyl halides is 3. The quantitative estimate of drug-likeness (QED) is 0.809. The number of benzene rings is 1. The Kier molecular flexibility index (Phi) is 3.84. The first-order chi connectivity index (χ1) is 8.97. The maximum atomic E-state index is 12.3. The number of para-hydroxylation sites is 1. The molecule has 0 saturated carbocycles. The van der Waals surface area contributed by atoms with Crippen molar-refractivity contribution in [2.75, 3.05) is 6.61 Å². The van der Waals surface area contributed by atoms with Crippen molar-refractivity contribution in [1.29, 1.82) is 0 Å². The molecule has 1 aromatic heterocycles. The lowest BCUT2D eigenvalue weighted by Crippen LogP contribution is -2.10. The molecule has 0 N–H and O–H groups in total. The fourth-order valence-corrected chi connectivity index (χ4v) is 1.98. The summed E-state index contributed by atoms with van der Waals surface area (Å²) >= 11 is 0.317. The Hall–Kier alpha value is -1.89. The van der Waals surface area contributed by atoms with E-state index in [9.17, 15) is 18.0 Å². The van der Waals surface area contributed by atoms with Crippen molar-refractivity contribution in [2.24, 2.45) is 0 Å². The molecule has 19 heavy (non-hydrogen) atoms. The van der Waals surface area contributed by atoms with Crippen LogP contribution in [0.15, 0.2) is 36.5 Å². The van der Waals surface area contributed by atoms with Crippen molar-refractivity contribution in [1.82, 2.24) is 4.98 Å². The number of halogens is 3. The van der Waals surface area contributed by atoms with E-state index in [4.69, 9.17) is 4.74 Å². The minimum atomic E-state index is -4.52. The third-order valence-electron chi connectivity index (χ3n) is 2.14. The predicted molar refractivity (Wildman–Crippen MR) is 63.4 cm³/mol. The largest absolute Gasteiger partial charge is 0.485 e. The van der Waals surface area contributed by atoms with Crippen LogP contribution in [0, 0.1) is 0 Å². The molecule has 100 valence electrons. The summed E-state index contributed by atoms with van der Waals surface area (Å²) in [6, 6.07) is 8.55. The van der Waals surface area contributed by atoms with E-state index >= 15 is 0 Å². The molecule has 0 unspecified atom stereocenters. The molecule has 2 aromatic rings. The number of hydrogen-bond donors (Lipinski definition) is 0. The van der Waals surface area contributed by atoms with Gasteiger partial charge in [-0.3, -0.25) is 4.79 Å². The van der Waals surface area contributed by atoms with Gasteiger partial charge in [0.1, 0.15) is 5.75 Å². The van der Waals surface area contributed by atoms with Crippen LogP contribution < -0.4 is 4.74 Å². The van der Waals surface area contributed by atoms with Crippen LogP contribution in [0.3, 0.4) is 0 Å². The molecule has 7 heteroatoms. The van der Waals surface area contributed by atoms with Gasteiger partial charge in [0.15, 0.2) is 11.6 Å². The van der Waals surface area contributed by atoms with Gasteiger partial charge in [0.2, 0.25) is 5.78 Å². The number of carbonyl (C=O) groups is 1. The molecule has 0 aliphatic heterocycles. The molecular weight excluding hydrogens is 279 g/mol. The topological polar surface area (TPSA) is 39.2 Å². The van der Waals surface area contributed by atoms with E-state index in [1.54, 1.807) is 30.3 Å². The summed E-state index contributed by atoms with van der Waals surface area (Å²) in [5, 5.41) is -1.03. The molecule has 0 radical (unpaired) electrons. The molecule has 0 amide bonds. The Morgan fingerprint density at radius 3 is 2.53 bits per heavy atom. The summed E-state index contributed by atoms with van der Waals surface area (Å²) in [5.41, 5.74) is 0. The molecular formula is C12H8F3NO2S. The van der Waals surface area contributed by atoms with Crippen molar-refractivity contribution in [3.8, 4) is 5.75 Å². The number of Topliss-reactive ketones (excluding diaryl/α,β-unsaturated/α-hetero) is 1. The van der Waals surface area contributed by atoms with E-state index < -0.39 is 17.0 Å². The van der Waals surface area contributed by atoms with Gasteiger partial charge in [-0.2, -0.15) is 13.2 Å². The average Bonchev–Trinajstić information content (AvgIpc) is 2.87.